The Labute approximate surface area is 106 Å². The molecule has 4 heteroatoms. The molecule has 1 amide bonds. The summed E-state index contributed by atoms with van der Waals surface area (Å²) < 4.78 is 0. The number of carbonyl (C=O) groups is 1. The van der Waals surface area contributed by atoms with Crippen LogP contribution in [0.1, 0.15) is 29.6 Å². The number of hydrogen-bond acceptors (Lipinski definition) is 2. The molecule has 1 fully saturated rings. The Morgan fingerprint density at radius 3 is 2.94 bits per heavy atom. The number of carbonyl (C=O) groups excluding carboxylic acids is 1. The first-order valence-corrected chi connectivity index (χ1v) is 6.25. The predicted octanol–water partition coefficient (Wildman–Crippen LogP) is 2.23. The van der Waals surface area contributed by atoms with E-state index < -0.39 is 0 Å². The smallest absolute Gasteiger partial charge is 0.251 e. The number of halogens is 1. The quantitative estimate of drug-likeness (QED) is 0.868. The van der Waals surface area contributed by atoms with E-state index in [9.17, 15) is 9.90 Å². The van der Waals surface area contributed by atoms with Crippen LogP contribution in [-0.2, 0) is 0 Å². The molecule has 92 valence electrons. The molecular weight excluding hydrogens is 238 g/mol. The average Bonchev–Trinajstić information content (AvgIpc) is 2.72. The second-order valence-electron chi connectivity index (χ2n) is 4.55. The van der Waals surface area contributed by atoms with E-state index in [-0.39, 0.29) is 12.0 Å². The summed E-state index contributed by atoms with van der Waals surface area (Å²) in [5, 5.41) is 12.8. The van der Waals surface area contributed by atoms with Crippen LogP contribution in [-0.4, -0.2) is 23.7 Å². The summed E-state index contributed by atoms with van der Waals surface area (Å²) in [5.74, 6) is 0.294. The van der Waals surface area contributed by atoms with Gasteiger partial charge in [0.25, 0.3) is 5.91 Å². The summed E-state index contributed by atoms with van der Waals surface area (Å²) >= 11 is 5.82. The van der Waals surface area contributed by atoms with Gasteiger partial charge in [-0.05, 0) is 43.4 Å². The van der Waals surface area contributed by atoms with Gasteiger partial charge < -0.3 is 10.4 Å². The minimum Gasteiger partial charge on any atom is -0.393 e. The molecule has 1 aromatic rings. The lowest BCUT2D eigenvalue weighted by atomic mass is 10.1. The molecule has 0 aliphatic heterocycles. The minimum absolute atomic E-state index is 0.103. The summed E-state index contributed by atoms with van der Waals surface area (Å²) in [6, 6.07) is 6.90. The van der Waals surface area contributed by atoms with Crippen molar-refractivity contribution in [3.8, 4) is 0 Å². The van der Waals surface area contributed by atoms with Crippen LogP contribution in [0.25, 0.3) is 0 Å². The van der Waals surface area contributed by atoms with E-state index in [2.05, 4.69) is 5.32 Å². The van der Waals surface area contributed by atoms with Gasteiger partial charge in [0.2, 0.25) is 0 Å². The van der Waals surface area contributed by atoms with E-state index in [1.165, 1.54) is 0 Å². The summed E-state index contributed by atoms with van der Waals surface area (Å²) in [6.45, 7) is 0.627. The third kappa shape index (κ3) is 3.45. The normalized spacial score (nSPS) is 23.6. The number of rotatable bonds is 3. The van der Waals surface area contributed by atoms with Crippen LogP contribution in [0.3, 0.4) is 0 Å². The van der Waals surface area contributed by atoms with Gasteiger partial charge in [0.1, 0.15) is 0 Å². The zero-order valence-electron chi connectivity index (χ0n) is 9.53. The van der Waals surface area contributed by atoms with Crippen molar-refractivity contribution < 1.29 is 9.90 Å². The molecule has 0 spiro atoms. The van der Waals surface area contributed by atoms with Crippen LogP contribution < -0.4 is 5.32 Å². The first-order valence-electron chi connectivity index (χ1n) is 5.87. The Bertz CT molecular complexity index is 408. The molecule has 17 heavy (non-hydrogen) atoms. The average molecular weight is 254 g/mol. The summed E-state index contributed by atoms with van der Waals surface area (Å²) in [4.78, 5) is 11.8. The van der Waals surface area contributed by atoms with Gasteiger partial charge in [-0.2, -0.15) is 0 Å². The summed E-state index contributed by atoms with van der Waals surface area (Å²) in [5.41, 5.74) is 0.580. The number of nitrogens with one attached hydrogen (secondary N) is 1. The maximum absolute atomic E-state index is 11.8. The molecule has 1 aliphatic rings. The molecule has 2 atom stereocenters. The lowest BCUT2D eigenvalue weighted by Gasteiger charge is -2.10. The first kappa shape index (κ1) is 12.4. The van der Waals surface area contributed by atoms with Crippen molar-refractivity contribution in [2.45, 2.75) is 25.4 Å². The zero-order chi connectivity index (χ0) is 12.3. The lowest BCUT2D eigenvalue weighted by Crippen LogP contribution is -2.28. The number of benzene rings is 1. The molecule has 0 saturated heterocycles. The number of aliphatic hydroxyl groups is 1. The van der Waals surface area contributed by atoms with Crippen LogP contribution in [0.2, 0.25) is 5.02 Å². The molecule has 2 unspecified atom stereocenters. The monoisotopic (exact) mass is 253 g/mol. The number of amides is 1. The second-order valence-corrected chi connectivity index (χ2v) is 4.99. The highest BCUT2D eigenvalue weighted by Gasteiger charge is 2.23. The lowest BCUT2D eigenvalue weighted by molar-refractivity contribution is 0.0945. The predicted molar refractivity (Wildman–Crippen MR) is 67.1 cm³/mol. The second kappa shape index (κ2) is 5.52. The van der Waals surface area contributed by atoms with Crippen molar-refractivity contribution in [1.29, 1.82) is 0 Å². The van der Waals surface area contributed by atoms with Gasteiger partial charge >= 0.3 is 0 Å². The molecule has 0 bridgehead atoms. The van der Waals surface area contributed by atoms with Crippen LogP contribution in [0.4, 0.5) is 0 Å². The highest BCUT2D eigenvalue weighted by molar-refractivity contribution is 6.30. The van der Waals surface area contributed by atoms with E-state index in [0.717, 1.165) is 19.3 Å². The largest absolute Gasteiger partial charge is 0.393 e. The minimum atomic E-state index is -0.192. The topological polar surface area (TPSA) is 49.3 Å². The molecule has 2 rings (SSSR count). The van der Waals surface area contributed by atoms with Crippen molar-refractivity contribution in [1.82, 2.24) is 5.32 Å². The maximum Gasteiger partial charge on any atom is 0.251 e. The van der Waals surface area contributed by atoms with Gasteiger partial charge in [0.15, 0.2) is 0 Å². The highest BCUT2D eigenvalue weighted by Crippen LogP contribution is 2.24. The van der Waals surface area contributed by atoms with Crippen molar-refractivity contribution >= 4 is 17.5 Å². The Balaban J connectivity index is 1.85. The van der Waals surface area contributed by atoms with Crippen LogP contribution in [0.15, 0.2) is 24.3 Å². The van der Waals surface area contributed by atoms with E-state index >= 15 is 0 Å². The molecule has 0 heterocycles. The Morgan fingerprint density at radius 1 is 1.47 bits per heavy atom. The Hall–Kier alpha value is -1.06. The van der Waals surface area contributed by atoms with E-state index in [1.807, 2.05) is 0 Å². The van der Waals surface area contributed by atoms with Crippen LogP contribution in [0.5, 0.6) is 0 Å². The fourth-order valence-corrected chi connectivity index (χ4v) is 2.39. The number of hydrogen-bond donors (Lipinski definition) is 2. The summed E-state index contributed by atoms with van der Waals surface area (Å²) in [7, 11) is 0. The van der Waals surface area contributed by atoms with E-state index in [1.54, 1.807) is 24.3 Å². The molecule has 2 N–H and O–H groups in total. The molecular formula is C13H16ClNO2. The van der Waals surface area contributed by atoms with Gasteiger partial charge in [-0.1, -0.05) is 17.7 Å². The Morgan fingerprint density at radius 2 is 2.29 bits per heavy atom. The van der Waals surface area contributed by atoms with Gasteiger partial charge in [-0.15, -0.1) is 0 Å². The van der Waals surface area contributed by atoms with Crippen LogP contribution >= 0.6 is 11.6 Å². The Kier molecular flexibility index (Phi) is 4.02. The van der Waals surface area contributed by atoms with E-state index in [0.29, 0.717) is 23.0 Å². The van der Waals surface area contributed by atoms with Crippen molar-refractivity contribution in [2.75, 3.05) is 6.54 Å². The fraction of sp³-hybridized carbons (Fsp3) is 0.462. The van der Waals surface area contributed by atoms with Crippen molar-refractivity contribution in [3.63, 3.8) is 0 Å². The summed E-state index contributed by atoms with van der Waals surface area (Å²) in [6.07, 6.45) is 2.42. The van der Waals surface area contributed by atoms with E-state index in [4.69, 9.17) is 11.6 Å². The van der Waals surface area contributed by atoms with Gasteiger partial charge in [0, 0.05) is 17.1 Å². The van der Waals surface area contributed by atoms with Gasteiger partial charge in [-0.3, -0.25) is 4.79 Å². The maximum atomic E-state index is 11.8. The third-order valence-corrected chi connectivity index (χ3v) is 3.39. The van der Waals surface area contributed by atoms with Crippen LogP contribution in [0, 0.1) is 5.92 Å². The molecule has 0 radical (unpaired) electrons. The molecule has 1 aliphatic carbocycles. The third-order valence-electron chi connectivity index (χ3n) is 3.15. The molecule has 1 saturated carbocycles. The van der Waals surface area contributed by atoms with Gasteiger partial charge in [-0.25, -0.2) is 0 Å². The molecule has 0 aromatic heterocycles. The van der Waals surface area contributed by atoms with Gasteiger partial charge in [0.05, 0.1) is 6.10 Å². The highest BCUT2D eigenvalue weighted by atomic mass is 35.5. The number of aliphatic hydroxyl groups excluding tert-OH is 1. The molecule has 1 aromatic carbocycles. The first-order chi connectivity index (χ1) is 8.15. The fourth-order valence-electron chi connectivity index (χ4n) is 2.20. The zero-order valence-corrected chi connectivity index (χ0v) is 10.3. The van der Waals surface area contributed by atoms with Crippen molar-refractivity contribution in [2.24, 2.45) is 5.92 Å². The molecule has 3 nitrogen and oxygen atoms in total. The standard InChI is InChI=1S/C13H16ClNO2/c14-11-3-1-2-10(7-11)13(17)15-8-9-4-5-12(16)6-9/h1-3,7,9,12,16H,4-6,8H2,(H,15,17). The van der Waals surface area contributed by atoms with Crippen molar-refractivity contribution in [3.05, 3.63) is 34.9 Å². The SMILES string of the molecule is O=C(NCC1CCC(O)C1)c1cccc(Cl)c1.